The van der Waals surface area contributed by atoms with Gasteiger partial charge in [-0.1, -0.05) is 6.92 Å². The van der Waals surface area contributed by atoms with Crippen molar-refractivity contribution in [3.63, 3.8) is 0 Å². The van der Waals surface area contributed by atoms with Gasteiger partial charge in [0, 0.05) is 6.54 Å². The van der Waals surface area contributed by atoms with Crippen LogP contribution in [0.3, 0.4) is 0 Å². The van der Waals surface area contributed by atoms with Gasteiger partial charge in [-0.25, -0.2) is 4.39 Å². The fourth-order valence-corrected chi connectivity index (χ4v) is 1.17. The van der Waals surface area contributed by atoms with Crippen LogP contribution >= 0.6 is 0 Å². The van der Waals surface area contributed by atoms with Crippen molar-refractivity contribution in [2.75, 3.05) is 20.1 Å². The van der Waals surface area contributed by atoms with Crippen molar-refractivity contribution in [2.45, 2.75) is 19.5 Å². The molecule has 0 N–H and O–H groups in total. The zero-order valence-corrected chi connectivity index (χ0v) is 6.10. The summed E-state index contributed by atoms with van der Waals surface area (Å²) < 4.78 is 12.8. The van der Waals surface area contributed by atoms with E-state index in [1.54, 1.807) is 0 Å². The van der Waals surface area contributed by atoms with Crippen molar-refractivity contribution in [2.24, 2.45) is 5.92 Å². The maximum Gasteiger partial charge on any atom is 0.115 e. The van der Waals surface area contributed by atoms with Gasteiger partial charge in [-0.05, 0) is 25.9 Å². The van der Waals surface area contributed by atoms with Crippen LogP contribution in [-0.2, 0) is 0 Å². The van der Waals surface area contributed by atoms with Crippen molar-refractivity contribution in [1.82, 2.24) is 4.90 Å². The standard InChI is InChI=1S/C7H14FN/c1-6-3-4-9(2)5-7(6)8/h6-7H,3-5H2,1-2H3/t6-,7?/m0/s1. The molecular formula is C7H14FN. The average molecular weight is 131 g/mol. The summed E-state index contributed by atoms with van der Waals surface area (Å²) in [6, 6.07) is 0. The second-order valence-electron chi connectivity index (χ2n) is 3.04. The Kier molecular flexibility index (Phi) is 2.06. The molecule has 1 nitrogen and oxygen atoms in total. The molecule has 0 bridgehead atoms. The first kappa shape index (κ1) is 7.00. The Labute approximate surface area is 55.8 Å². The smallest absolute Gasteiger partial charge is 0.115 e. The molecule has 0 aromatic carbocycles. The van der Waals surface area contributed by atoms with E-state index in [1.165, 1.54) is 0 Å². The minimum atomic E-state index is -0.594. The van der Waals surface area contributed by atoms with Gasteiger partial charge in [0.1, 0.15) is 6.17 Å². The topological polar surface area (TPSA) is 3.24 Å². The molecule has 0 saturated carbocycles. The first-order valence-corrected chi connectivity index (χ1v) is 3.53. The molecule has 1 heterocycles. The Bertz CT molecular complexity index is 94.9. The van der Waals surface area contributed by atoms with Crippen LogP contribution in [0.25, 0.3) is 0 Å². The van der Waals surface area contributed by atoms with Gasteiger partial charge in [-0.2, -0.15) is 0 Å². The van der Waals surface area contributed by atoms with Crippen LogP contribution in [0.5, 0.6) is 0 Å². The molecule has 1 fully saturated rings. The van der Waals surface area contributed by atoms with E-state index in [2.05, 4.69) is 0 Å². The number of halogens is 1. The molecule has 9 heavy (non-hydrogen) atoms. The summed E-state index contributed by atoms with van der Waals surface area (Å²) in [6.07, 6.45) is 0.418. The monoisotopic (exact) mass is 131 g/mol. The normalized spacial score (nSPS) is 39.0. The van der Waals surface area contributed by atoms with E-state index < -0.39 is 6.17 Å². The van der Waals surface area contributed by atoms with Gasteiger partial charge in [-0.15, -0.1) is 0 Å². The third-order valence-electron chi connectivity index (χ3n) is 2.07. The number of hydrogen-bond donors (Lipinski definition) is 0. The summed E-state index contributed by atoms with van der Waals surface area (Å²) in [7, 11) is 1.97. The molecule has 0 radical (unpaired) electrons. The number of piperidine rings is 1. The van der Waals surface area contributed by atoms with E-state index in [4.69, 9.17) is 0 Å². The van der Waals surface area contributed by atoms with Crippen molar-refractivity contribution < 1.29 is 4.39 Å². The molecule has 0 amide bonds. The number of likely N-dealkylation sites (tertiary alicyclic amines) is 1. The number of alkyl halides is 1. The van der Waals surface area contributed by atoms with E-state index in [0.29, 0.717) is 6.54 Å². The fourth-order valence-electron chi connectivity index (χ4n) is 1.17. The molecule has 1 aliphatic heterocycles. The summed E-state index contributed by atoms with van der Waals surface area (Å²) in [4.78, 5) is 2.05. The highest BCUT2D eigenvalue weighted by Gasteiger charge is 2.22. The van der Waals surface area contributed by atoms with Gasteiger partial charge in [0.25, 0.3) is 0 Å². The highest BCUT2D eigenvalue weighted by molar-refractivity contribution is 4.74. The molecule has 54 valence electrons. The summed E-state index contributed by atoms with van der Waals surface area (Å²) in [5.41, 5.74) is 0. The molecule has 0 aliphatic carbocycles. The highest BCUT2D eigenvalue weighted by atomic mass is 19.1. The molecule has 2 heteroatoms. The van der Waals surface area contributed by atoms with E-state index in [-0.39, 0.29) is 5.92 Å². The lowest BCUT2D eigenvalue weighted by Crippen LogP contribution is -2.38. The van der Waals surface area contributed by atoms with Gasteiger partial charge in [0.05, 0.1) is 0 Å². The van der Waals surface area contributed by atoms with Gasteiger partial charge >= 0.3 is 0 Å². The lowest BCUT2D eigenvalue weighted by Gasteiger charge is -2.29. The third-order valence-corrected chi connectivity index (χ3v) is 2.07. The fraction of sp³-hybridized carbons (Fsp3) is 1.00. The lowest BCUT2D eigenvalue weighted by molar-refractivity contribution is 0.112. The van der Waals surface area contributed by atoms with E-state index in [1.807, 2.05) is 18.9 Å². The SMILES string of the molecule is C[C@H]1CCN(C)CC1F. The van der Waals surface area contributed by atoms with Gasteiger partial charge < -0.3 is 4.90 Å². The quantitative estimate of drug-likeness (QED) is 0.479. The Morgan fingerprint density at radius 1 is 1.56 bits per heavy atom. The van der Waals surface area contributed by atoms with Crippen LogP contribution in [0, 0.1) is 5.92 Å². The molecule has 1 rings (SSSR count). The lowest BCUT2D eigenvalue weighted by atomic mass is 9.98. The Balaban J connectivity index is 2.35. The maximum absolute atomic E-state index is 12.8. The zero-order valence-electron chi connectivity index (χ0n) is 6.10. The van der Waals surface area contributed by atoms with Crippen LogP contribution in [0.1, 0.15) is 13.3 Å². The molecule has 0 aromatic rings. The molecule has 1 unspecified atom stereocenters. The van der Waals surface area contributed by atoms with Crippen LogP contribution < -0.4 is 0 Å². The number of hydrogen-bond acceptors (Lipinski definition) is 1. The molecular weight excluding hydrogens is 117 g/mol. The Hall–Kier alpha value is -0.110. The van der Waals surface area contributed by atoms with E-state index in [9.17, 15) is 4.39 Å². The summed E-state index contributed by atoms with van der Waals surface area (Å²) >= 11 is 0. The Morgan fingerprint density at radius 2 is 2.22 bits per heavy atom. The van der Waals surface area contributed by atoms with Crippen LogP contribution in [0.15, 0.2) is 0 Å². The molecule has 1 saturated heterocycles. The zero-order chi connectivity index (χ0) is 6.85. The predicted octanol–water partition coefficient (Wildman–Crippen LogP) is 1.30. The highest BCUT2D eigenvalue weighted by Crippen LogP contribution is 2.17. The van der Waals surface area contributed by atoms with Crippen molar-refractivity contribution >= 4 is 0 Å². The Morgan fingerprint density at radius 3 is 2.67 bits per heavy atom. The second kappa shape index (κ2) is 2.65. The largest absolute Gasteiger partial charge is 0.303 e. The first-order chi connectivity index (χ1) is 4.20. The molecule has 1 aliphatic rings. The maximum atomic E-state index is 12.8. The average Bonchev–Trinajstić information content (AvgIpc) is 1.80. The second-order valence-corrected chi connectivity index (χ2v) is 3.04. The van der Waals surface area contributed by atoms with Crippen LogP contribution in [0.4, 0.5) is 4.39 Å². The van der Waals surface area contributed by atoms with Crippen LogP contribution in [0.2, 0.25) is 0 Å². The molecule has 2 atom stereocenters. The number of rotatable bonds is 0. The third kappa shape index (κ3) is 1.65. The summed E-state index contributed by atoms with van der Waals surface area (Å²) in [6.45, 7) is 3.67. The van der Waals surface area contributed by atoms with Crippen molar-refractivity contribution in [3.05, 3.63) is 0 Å². The summed E-state index contributed by atoms with van der Waals surface area (Å²) in [5.74, 6) is 0.279. The number of nitrogens with zero attached hydrogens (tertiary/aromatic N) is 1. The van der Waals surface area contributed by atoms with Gasteiger partial charge in [-0.3, -0.25) is 0 Å². The predicted molar refractivity (Wildman–Crippen MR) is 36.2 cm³/mol. The molecule has 0 aromatic heterocycles. The van der Waals surface area contributed by atoms with Gasteiger partial charge in [0.15, 0.2) is 0 Å². The minimum absolute atomic E-state index is 0.279. The van der Waals surface area contributed by atoms with Gasteiger partial charge in [0.2, 0.25) is 0 Å². The van der Waals surface area contributed by atoms with Crippen LogP contribution in [-0.4, -0.2) is 31.2 Å². The van der Waals surface area contributed by atoms with E-state index >= 15 is 0 Å². The van der Waals surface area contributed by atoms with E-state index in [0.717, 1.165) is 13.0 Å². The first-order valence-electron chi connectivity index (χ1n) is 3.53. The van der Waals surface area contributed by atoms with Crippen molar-refractivity contribution in [1.29, 1.82) is 0 Å². The molecule has 0 spiro atoms. The minimum Gasteiger partial charge on any atom is -0.303 e. The van der Waals surface area contributed by atoms with Crippen molar-refractivity contribution in [3.8, 4) is 0 Å². The summed E-state index contributed by atoms with van der Waals surface area (Å²) in [5, 5.41) is 0.